The van der Waals surface area contributed by atoms with E-state index in [1.807, 2.05) is 38.0 Å². The van der Waals surface area contributed by atoms with Crippen molar-refractivity contribution in [1.29, 1.82) is 0 Å². The highest BCUT2D eigenvalue weighted by Crippen LogP contribution is 2.64. The Balaban J connectivity index is 0.000000158. The van der Waals surface area contributed by atoms with E-state index in [0.29, 0.717) is 97.6 Å². The van der Waals surface area contributed by atoms with Gasteiger partial charge in [-0.05, 0) is 282 Å². The Labute approximate surface area is 757 Å². The maximum atomic E-state index is 13.0. The van der Waals surface area contributed by atoms with E-state index in [2.05, 4.69) is 79.4 Å². The molecule has 4 unspecified atom stereocenters. The van der Waals surface area contributed by atoms with E-state index in [-0.39, 0.29) is 148 Å². The van der Waals surface area contributed by atoms with E-state index >= 15 is 0 Å². The lowest BCUT2D eigenvalue weighted by atomic mass is 9.78. The van der Waals surface area contributed by atoms with Crippen LogP contribution in [0.4, 0.5) is 0 Å². The van der Waals surface area contributed by atoms with Gasteiger partial charge >= 0.3 is 0 Å². The molecule has 6 amide bonds. The van der Waals surface area contributed by atoms with Crippen LogP contribution in [0.25, 0.3) is 0 Å². The van der Waals surface area contributed by atoms with Crippen molar-refractivity contribution in [2.75, 3.05) is 102 Å². The maximum Gasteiger partial charge on any atom is 0.240 e. The number of rotatable bonds is 24. The van der Waals surface area contributed by atoms with Crippen LogP contribution in [0, 0.1) is 76.4 Å². The summed E-state index contributed by atoms with van der Waals surface area (Å²) in [5.41, 5.74) is 0.283. The van der Waals surface area contributed by atoms with Crippen molar-refractivity contribution in [3.8, 4) is 0 Å². The molecule has 15 aliphatic rings. The van der Waals surface area contributed by atoms with Crippen LogP contribution in [0.15, 0.2) is 0 Å². The van der Waals surface area contributed by atoms with Gasteiger partial charge in [-0.1, -0.05) is 155 Å². The van der Waals surface area contributed by atoms with Crippen molar-refractivity contribution in [3.05, 3.63) is 0 Å². The predicted octanol–water partition coefficient (Wildman–Crippen LogP) is 11.4. The Morgan fingerprint density at radius 2 is 0.556 bits per heavy atom. The number of ketones is 6. The fourth-order valence-electron chi connectivity index (χ4n) is 25.6. The van der Waals surface area contributed by atoms with Crippen LogP contribution in [0.3, 0.4) is 0 Å². The van der Waals surface area contributed by atoms with Crippen LogP contribution in [-0.4, -0.2) is 274 Å². The molecule has 714 valence electrons. The van der Waals surface area contributed by atoms with Gasteiger partial charge in [0.2, 0.25) is 35.4 Å². The van der Waals surface area contributed by atoms with Gasteiger partial charge in [-0.3, -0.25) is 86.9 Å². The number of morpholine rings is 1. The summed E-state index contributed by atoms with van der Waals surface area (Å²) in [6, 6.07) is -2.37. The molecule has 6 aliphatic heterocycles. The van der Waals surface area contributed by atoms with E-state index in [9.17, 15) is 57.5 Å². The molecule has 15 fully saturated rings. The van der Waals surface area contributed by atoms with E-state index < -0.39 is 0 Å². The number of likely N-dealkylation sites (N-methyl/N-ethyl adjacent to an activating group) is 6. The number of carbonyl (C=O) groups excluding carboxylic acids is 12. The van der Waals surface area contributed by atoms with E-state index in [1.54, 1.807) is 41.5 Å². The lowest BCUT2D eigenvalue weighted by Crippen LogP contribution is -2.56. The molecule has 9 aliphatic carbocycles. The first-order chi connectivity index (χ1) is 60.3. The molecule has 18 atom stereocenters. The molecule has 0 aromatic carbocycles. The Morgan fingerprint density at radius 1 is 0.278 bits per heavy atom. The average Bonchev–Trinajstić information content (AvgIpc) is 1.53. The number of carbonyl (C=O) groups is 12. The lowest BCUT2D eigenvalue weighted by molar-refractivity contribution is -0.135. The molecule has 126 heavy (non-hydrogen) atoms. The number of nitrogens with one attached hydrogen (secondary N) is 6. The number of amides is 6. The zero-order valence-corrected chi connectivity index (χ0v) is 80.4. The lowest BCUT2D eigenvalue weighted by Gasteiger charge is -2.34. The Morgan fingerprint density at radius 3 is 0.881 bits per heavy atom. The van der Waals surface area contributed by atoms with Crippen molar-refractivity contribution < 1.29 is 67.0 Å². The largest absolute Gasteiger partial charge is 0.378 e. The van der Waals surface area contributed by atoms with Gasteiger partial charge in [-0.15, -0.1) is 0 Å². The molecule has 0 aromatic heterocycles. The first-order valence-electron chi connectivity index (χ1n) is 50.5. The summed E-state index contributed by atoms with van der Waals surface area (Å²) >= 11 is 0. The second kappa shape index (κ2) is 49.8. The summed E-state index contributed by atoms with van der Waals surface area (Å²) < 4.78 is 10.6. The van der Waals surface area contributed by atoms with Crippen LogP contribution in [0.5, 0.6) is 0 Å². The van der Waals surface area contributed by atoms with E-state index in [0.717, 1.165) is 148 Å². The summed E-state index contributed by atoms with van der Waals surface area (Å²) in [6.07, 6.45) is 46.4. The molecule has 0 radical (unpaired) electrons. The molecule has 0 aromatic rings. The molecule has 15 rings (SSSR count). The van der Waals surface area contributed by atoms with Crippen molar-refractivity contribution >= 4 is 70.1 Å². The molecular weight excluding hydrogens is 1590 g/mol. The third-order valence-electron chi connectivity index (χ3n) is 33.1. The standard InChI is InChI=1S/C19H32N2O2.2C18H30N2O2.C16H28N2O2.C15H26N2O3.C14H24N2O3/c1-13(22)17(14-8-4-3-5-9-14)20-19(23)18-16-11-7-6-10-15(16)12-21(18)2;1-11(21)15(12-8-6-5-7-9-12)19-17(22)16-14-13(10-20(16)4)18(14,2)3;1-12(21)16(13-7-4-3-5-8-13)19-18(22)17-15-10-6-9-14(15)11-20(17)2;1-12(19)15(13-8-4-3-5-9-13)17-16(20)14-10-6-7-11-18(14)2;1-11(18)14(12-6-4-3-5-7-12)16-15(19)13-10-20-9-8-17(13)2;1-10(17)13(11-6-4-3-5-7-11)15-14(18)12-8-19-9-16(12)2/h14-18H,3-12H2,1-2H3,(H,20,23);12-16H,5-10H2,1-4H3,(H,19,22);13-17H,3-11H2,1-2H3,(H,19,22);13-15H,3-11H2,1-2H3,(H,17,20);12-14H,3-10H2,1-2H3,(H,16,19);11-13H,3-9H2,1-2H3,(H,15,18)/t15?,16?,17-,18+;13?,14?,15-,16+;14-,15-,16+,17-;14-,15+;13-,14+;12-,13+/m110000/s1. The van der Waals surface area contributed by atoms with Gasteiger partial charge in [0.25, 0.3) is 0 Å². The Bertz CT molecular complexity index is 3420. The molecular formula is C100H170N12O14. The SMILES string of the molecule is CC(=O)[C@@H](NC(=O)[C@@H]1C2C(CN1C)C2(C)C)C1CCCCC1.CC(=O)[C@@H](NC(=O)[C@@H]1C2CCCCC2CN1C)C1CCCCC1.CC(=O)[C@@H](NC(=O)[C@@H]1CCCCN1C)C1CCCCC1.CC(=O)[C@@H](NC(=O)[C@@H]1COCCN1C)C1CCCCC1.CC(=O)[C@@H](NC(=O)[C@@H]1COCN1C)C1CCCCC1.CC(=O)[C@@H](NC(=O)[C@@H]1[C@H]2CCC[C@H]2CN1C)C1CCCCC1. The monoisotopic (exact) mass is 1760 g/mol. The van der Waals surface area contributed by atoms with Gasteiger partial charge in [-0.25, -0.2) is 0 Å². The van der Waals surface area contributed by atoms with Gasteiger partial charge in [-0.2, -0.15) is 0 Å². The molecule has 6 heterocycles. The predicted molar refractivity (Wildman–Crippen MR) is 491 cm³/mol. The number of nitrogens with zero attached hydrogens (tertiary/aromatic N) is 6. The number of fused-ring (bicyclic) bond motifs is 3. The van der Waals surface area contributed by atoms with Crippen molar-refractivity contribution in [3.63, 3.8) is 0 Å². The first kappa shape index (κ1) is 103. The highest BCUT2D eigenvalue weighted by Gasteiger charge is 2.68. The number of hydrogen-bond acceptors (Lipinski definition) is 20. The summed E-state index contributed by atoms with van der Waals surface area (Å²) in [5, 5.41) is 18.4. The smallest absolute Gasteiger partial charge is 0.240 e. The maximum absolute atomic E-state index is 13.0. The van der Waals surface area contributed by atoms with Gasteiger partial charge in [0, 0.05) is 26.2 Å². The van der Waals surface area contributed by atoms with Crippen molar-refractivity contribution in [2.24, 2.45) is 76.4 Å². The van der Waals surface area contributed by atoms with Gasteiger partial charge < -0.3 is 41.4 Å². The van der Waals surface area contributed by atoms with Crippen LogP contribution >= 0.6 is 0 Å². The summed E-state index contributed by atoms with van der Waals surface area (Å²) in [7, 11) is 12.0. The quantitative estimate of drug-likeness (QED) is 0.0523. The minimum Gasteiger partial charge on any atom is -0.378 e. The van der Waals surface area contributed by atoms with Crippen LogP contribution in [0.2, 0.25) is 0 Å². The number of Topliss-reactive ketones (excluding diaryl/α,β-unsaturated/α-hetero) is 6. The number of hydrogen-bond donors (Lipinski definition) is 6. The molecule has 9 saturated carbocycles. The van der Waals surface area contributed by atoms with Gasteiger partial charge in [0.05, 0.1) is 87.0 Å². The summed E-state index contributed by atoms with van der Waals surface area (Å²) in [6.45, 7) is 21.0. The number of piperidine rings is 2. The topological polar surface area (TPSA) is 315 Å². The van der Waals surface area contributed by atoms with Crippen molar-refractivity contribution in [2.45, 2.75) is 385 Å². The van der Waals surface area contributed by atoms with E-state index in [1.165, 1.54) is 141 Å². The fourth-order valence-corrected chi connectivity index (χ4v) is 25.6. The molecule has 26 heteroatoms. The number of ether oxygens (including phenoxy) is 2. The highest BCUT2D eigenvalue weighted by atomic mass is 16.5. The third kappa shape index (κ3) is 28.1. The Kier molecular flexibility index (Phi) is 40.6. The minimum atomic E-state index is -0.321. The van der Waals surface area contributed by atoms with Crippen LogP contribution in [-0.2, 0) is 67.0 Å². The fraction of sp³-hybridized carbons (Fsp3) is 0.880. The second-order valence-corrected chi connectivity index (χ2v) is 42.5. The highest BCUT2D eigenvalue weighted by molar-refractivity contribution is 5.94. The molecule has 0 bridgehead atoms. The second-order valence-electron chi connectivity index (χ2n) is 42.5. The van der Waals surface area contributed by atoms with E-state index in [4.69, 9.17) is 9.47 Å². The van der Waals surface area contributed by atoms with Crippen LogP contribution < -0.4 is 31.9 Å². The average molecular weight is 1760 g/mol. The normalized spacial score (nSPS) is 31.1. The first-order valence-corrected chi connectivity index (χ1v) is 50.5. The van der Waals surface area contributed by atoms with Gasteiger partial charge in [0.15, 0.2) is 34.7 Å². The number of likely N-dealkylation sites (tertiary alicyclic amines) is 4. The van der Waals surface area contributed by atoms with Crippen molar-refractivity contribution in [1.82, 2.24) is 61.3 Å². The summed E-state index contributed by atoms with van der Waals surface area (Å²) in [5.74, 6) is 6.27. The minimum absolute atomic E-state index is 0.0158. The molecule has 0 spiro atoms. The summed E-state index contributed by atoms with van der Waals surface area (Å²) in [4.78, 5) is 160. The van der Waals surface area contributed by atoms with Crippen LogP contribution in [0.1, 0.15) is 312 Å². The van der Waals surface area contributed by atoms with Gasteiger partial charge in [0.1, 0.15) is 12.1 Å². The molecule has 6 N–H and O–H groups in total. The molecule has 26 nitrogen and oxygen atoms in total. The Hall–Kier alpha value is -5.48. The third-order valence-corrected chi connectivity index (χ3v) is 33.1. The zero-order valence-electron chi connectivity index (χ0n) is 80.4. The zero-order chi connectivity index (χ0) is 91.1. The molecule has 6 saturated heterocycles.